The van der Waals surface area contributed by atoms with Gasteiger partial charge >= 0.3 is 0 Å². The maximum atomic E-state index is 12.8. The first-order valence-corrected chi connectivity index (χ1v) is 10.7. The van der Waals surface area contributed by atoms with E-state index in [1.807, 2.05) is 6.07 Å². The quantitative estimate of drug-likeness (QED) is 0.644. The van der Waals surface area contributed by atoms with Gasteiger partial charge in [0.05, 0.1) is 25.2 Å². The van der Waals surface area contributed by atoms with Crippen LogP contribution in [0.15, 0.2) is 18.2 Å². The van der Waals surface area contributed by atoms with Gasteiger partial charge in [0, 0.05) is 31.1 Å². The SMILES string of the molecule is N#Cc1cc(NC(=O)[O-])ccc1[N+]1(C2CCC(O)CC2)CCC[C@@]2(CCNC2=O)C1. The summed E-state index contributed by atoms with van der Waals surface area (Å²) in [4.78, 5) is 23.8. The van der Waals surface area contributed by atoms with Gasteiger partial charge in [-0.05, 0) is 44.2 Å². The van der Waals surface area contributed by atoms with Gasteiger partial charge in [0.15, 0.2) is 5.69 Å². The van der Waals surface area contributed by atoms with Crippen LogP contribution < -0.4 is 20.2 Å². The van der Waals surface area contributed by atoms with Crippen LogP contribution >= 0.6 is 0 Å². The third kappa shape index (κ3) is 3.53. The van der Waals surface area contributed by atoms with Crippen molar-refractivity contribution in [3.05, 3.63) is 23.8 Å². The molecule has 2 amide bonds. The number of carbonyl (C=O) groups excluding carboxylic acids is 2. The predicted octanol–water partition coefficient (Wildman–Crippen LogP) is 1.22. The van der Waals surface area contributed by atoms with Crippen molar-refractivity contribution in [1.82, 2.24) is 9.80 Å². The van der Waals surface area contributed by atoms with Gasteiger partial charge in [0.1, 0.15) is 23.1 Å². The van der Waals surface area contributed by atoms with Crippen LogP contribution in [-0.4, -0.2) is 48.9 Å². The lowest BCUT2D eigenvalue weighted by molar-refractivity contribution is -0.242. The highest BCUT2D eigenvalue weighted by Gasteiger charge is 2.56. The third-order valence-corrected chi connectivity index (χ3v) is 7.38. The molecular weight excluding hydrogens is 384 g/mol. The number of nitrogens with one attached hydrogen (secondary N) is 2. The molecule has 1 saturated carbocycles. The van der Waals surface area contributed by atoms with Crippen LogP contribution in [0.2, 0.25) is 0 Å². The average Bonchev–Trinajstić information content (AvgIpc) is 3.07. The molecule has 8 heteroatoms. The monoisotopic (exact) mass is 412 g/mol. The molecule has 8 nitrogen and oxygen atoms in total. The molecule has 0 aromatic heterocycles. The highest BCUT2D eigenvalue weighted by atomic mass is 16.4. The zero-order valence-corrected chi connectivity index (χ0v) is 17.0. The fourth-order valence-corrected chi connectivity index (χ4v) is 5.98. The predicted molar refractivity (Wildman–Crippen MR) is 109 cm³/mol. The zero-order valence-electron chi connectivity index (χ0n) is 17.0. The summed E-state index contributed by atoms with van der Waals surface area (Å²) in [6.45, 7) is 2.15. The molecule has 3 aliphatic rings. The summed E-state index contributed by atoms with van der Waals surface area (Å²) in [6, 6.07) is 7.52. The van der Waals surface area contributed by atoms with E-state index in [0.29, 0.717) is 28.8 Å². The summed E-state index contributed by atoms with van der Waals surface area (Å²) in [6.07, 6.45) is 3.93. The Kier molecular flexibility index (Phi) is 5.43. The fraction of sp³-hybridized carbons (Fsp3) is 0.591. The Balaban J connectivity index is 1.79. The first-order valence-electron chi connectivity index (χ1n) is 10.7. The normalized spacial score (nSPS) is 33.7. The number of nitrogens with zero attached hydrogens (tertiary/aromatic N) is 2. The Morgan fingerprint density at radius 1 is 1.30 bits per heavy atom. The summed E-state index contributed by atoms with van der Waals surface area (Å²) in [5, 5.41) is 36.1. The van der Waals surface area contributed by atoms with Crippen LogP contribution in [0, 0.1) is 16.7 Å². The largest absolute Gasteiger partial charge is 0.530 e. The molecule has 2 saturated heterocycles. The van der Waals surface area contributed by atoms with Gasteiger partial charge in [-0.3, -0.25) is 9.28 Å². The van der Waals surface area contributed by atoms with Crippen LogP contribution in [0.4, 0.5) is 16.2 Å². The highest BCUT2D eigenvalue weighted by Crippen LogP contribution is 2.47. The molecule has 160 valence electrons. The molecule has 4 rings (SSSR count). The Morgan fingerprint density at radius 3 is 2.70 bits per heavy atom. The number of amides is 2. The van der Waals surface area contributed by atoms with E-state index in [1.165, 1.54) is 0 Å². The van der Waals surface area contributed by atoms with Gasteiger partial charge in [0.2, 0.25) is 5.91 Å². The number of rotatable bonds is 3. The summed E-state index contributed by atoms with van der Waals surface area (Å²) in [5.74, 6) is 0.106. The molecule has 0 bridgehead atoms. The van der Waals surface area contributed by atoms with Gasteiger partial charge in [-0.2, -0.15) is 5.26 Å². The molecule has 1 aromatic rings. The lowest BCUT2D eigenvalue weighted by Crippen LogP contribution is -2.66. The van der Waals surface area contributed by atoms with Crippen LogP contribution in [0.1, 0.15) is 50.5 Å². The van der Waals surface area contributed by atoms with E-state index in [2.05, 4.69) is 16.7 Å². The van der Waals surface area contributed by atoms with Gasteiger partial charge in [-0.15, -0.1) is 0 Å². The summed E-state index contributed by atoms with van der Waals surface area (Å²) >= 11 is 0. The summed E-state index contributed by atoms with van der Waals surface area (Å²) in [7, 11) is 0. The van der Waals surface area contributed by atoms with Crippen molar-refractivity contribution in [3.8, 4) is 6.07 Å². The molecule has 2 aliphatic heterocycles. The second-order valence-electron chi connectivity index (χ2n) is 9.02. The van der Waals surface area contributed by atoms with E-state index in [1.54, 1.807) is 12.1 Å². The van der Waals surface area contributed by atoms with Gasteiger partial charge in [-0.1, -0.05) is 0 Å². The molecule has 30 heavy (non-hydrogen) atoms. The Hall–Kier alpha value is -2.63. The number of benzene rings is 1. The number of aliphatic hydroxyl groups excluding tert-OH is 1. The van der Waals surface area contributed by atoms with Gasteiger partial charge in [0.25, 0.3) is 0 Å². The number of nitriles is 1. The Labute approximate surface area is 176 Å². The molecule has 2 atom stereocenters. The average molecular weight is 412 g/mol. The minimum absolute atomic E-state index is 0.106. The van der Waals surface area contributed by atoms with Crippen molar-refractivity contribution in [2.75, 3.05) is 25.0 Å². The van der Waals surface area contributed by atoms with Gasteiger partial charge in [-0.25, -0.2) is 0 Å². The molecule has 1 aliphatic carbocycles. The number of hydrogen-bond acceptors (Lipinski definition) is 5. The highest BCUT2D eigenvalue weighted by molar-refractivity contribution is 5.86. The molecular formula is C22H28N4O4. The number of quaternary nitrogens is 1. The number of hydrogen-bond donors (Lipinski definition) is 3. The first kappa shape index (κ1) is 20.6. The lowest BCUT2D eigenvalue weighted by atomic mass is 9.74. The van der Waals surface area contributed by atoms with Crippen molar-refractivity contribution < 1.29 is 19.8 Å². The van der Waals surface area contributed by atoms with Crippen LogP contribution in [0.3, 0.4) is 0 Å². The number of piperidine rings is 1. The molecule has 3 N–H and O–H groups in total. The van der Waals surface area contributed by atoms with Crippen LogP contribution in [0.5, 0.6) is 0 Å². The minimum Gasteiger partial charge on any atom is -0.530 e. The second-order valence-corrected chi connectivity index (χ2v) is 9.02. The van der Waals surface area contributed by atoms with Gasteiger partial charge < -0.3 is 25.6 Å². The van der Waals surface area contributed by atoms with Crippen LogP contribution in [0.25, 0.3) is 0 Å². The van der Waals surface area contributed by atoms with E-state index in [4.69, 9.17) is 0 Å². The smallest absolute Gasteiger partial charge is 0.232 e. The molecule has 0 radical (unpaired) electrons. The molecule has 2 heterocycles. The van der Waals surface area contributed by atoms with E-state index < -0.39 is 11.5 Å². The molecule has 1 unspecified atom stereocenters. The van der Waals surface area contributed by atoms with E-state index in [0.717, 1.165) is 57.2 Å². The number of anilines is 1. The number of aliphatic hydroxyl groups is 1. The number of carbonyl (C=O) groups is 2. The standard InChI is InChI=1S/C22H28N4O4/c23-13-15-12-16(25-21(29)30)2-7-19(15)26(17-3-5-18(27)6-4-17)11-1-8-22(14-26)9-10-24-20(22)28/h2,7,12,17-18,25,27H,1,3-6,8-11,14H2,(H-,24,28,29,30)/t17?,18?,22-,26?/m1/s1. The van der Waals surface area contributed by atoms with Crippen molar-refractivity contribution in [1.29, 1.82) is 5.26 Å². The fourth-order valence-electron chi connectivity index (χ4n) is 5.98. The van der Waals surface area contributed by atoms with Crippen LogP contribution in [-0.2, 0) is 4.79 Å². The second kappa shape index (κ2) is 7.89. The Bertz CT molecular complexity index is 890. The molecule has 3 fully saturated rings. The molecule has 1 aromatic carbocycles. The van der Waals surface area contributed by atoms with Crippen molar-refractivity contribution in [2.24, 2.45) is 5.41 Å². The molecule has 1 spiro atoms. The van der Waals surface area contributed by atoms with Crippen molar-refractivity contribution >= 4 is 23.4 Å². The number of carboxylic acid groups (broad SMARTS) is 1. The zero-order chi connectivity index (χ0) is 21.4. The maximum Gasteiger partial charge on any atom is 0.232 e. The summed E-state index contributed by atoms with van der Waals surface area (Å²) in [5.41, 5.74) is 1.14. The van der Waals surface area contributed by atoms with Crippen molar-refractivity contribution in [3.63, 3.8) is 0 Å². The Morgan fingerprint density at radius 2 is 2.07 bits per heavy atom. The maximum absolute atomic E-state index is 12.8. The van der Waals surface area contributed by atoms with E-state index >= 15 is 0 Å². The summed E-state index contributed by atoms with van der Waals surface area (Å²) < 4.78 is 0.550. The van der Waals surface area contributed by atoms with E-state index in [-0.39, 0.29) is 18.1 Å². The van der Waals surface area contributed by atoms with E-state index in [9.17, 15) is 25.1 Å². The topological polar surface area (TPSA) is 125 Å². The lowest BCUT2D eigenvalue weighted by Gasteiger charge is -2.53. The number of likely N-dealkylation sites (tertiary alicyclic amines) is 1. The first-order chi connectivity index (χ1) is 14.4. The minimum atomic E-state index is -1.42. The van der Waals surface area contributed by atoms with Crippen molar-refractivity contribution in [2.45, 2.75) is 57.1 Å². The third-order valence-electron chi connectivity index (χ3n) is 7.38.